The molecule has 1 aliphatic rings. The highest BCUT2D eigenvalue weighted by atomic mass is 16.6. The van der Waals surface area contributed by atoms with Gasteiger partial charge in [-0.05, 0) is 37.0 Å². The first-order valence-corrected chi connectivity index (χ1v) is 6.48. The van der Waals surface area contributed by atoms with Crippen LogP contribution in [0, 0.1) is 0 Å². The van der Waals surface area contributed by atoms with Gasteiger partial charge in [-0.3, -0.25) is 9.78 Å². The largest absolute Gasteiger partial charge is 0.469 e. The first-order chi connectivity index (χ1) is 9.29. The van der Waals surface area contributed by atoms with Gasteiger partial charge in [-0.1, -0.05) is 5.16 Å². The van der Waals surface area contributed by atoms with E-state index in [-0.39, 0.29) is 12.1 Å². The van der Waals surface area contributed by atoms with Crippen LogP contribution in [0.4, 0.5) is 0 Å². The van der Waals surface area contributed by atoms with Crippen molar-refractivity contribution in [2.24, 2.45) is 5.16 Å². The summed E-state index contributed by atoms with van der Waals surface area (Å²) in [6.07, 6.45) is 7.45. The Morgan fingerprint density at radius 1 is 1.42 bits per heavy atom. The van der Waals surface area contributed by atoms with Crippen molar-refractivity contribution in [2.75, 3.05) is 7.11 Å². The van der Waals surface area contributed by atoms with E-state index in [2.05, 4.69) is 14.9 Å². The number of nitrogens with zero attached hydrogens (tertiary/aromatic N) is 2. The van der Waals surface area contributed by atoms with E-state index in [4.69, 9.17) is 4.84 Å². The Hall–Kier alpha value is -1.91. The normalized spacial score (nSPS) is 17.7. The highest BCUT2D eigenvalue weighted by Crippen LogP contribution is 2.28. The number of pyridine rings is 1. The van der Waals surface area contributed by atoms with Crippen molar-refractivity contribution < 1.29 is 14.4 Å². The molecule has 102 valence electrons. The molecule has 2 heterocycles. The summed E-state index contributed by atoms with van der Waals surface area (Å²) in [6, 6.07) is 3.89. The molecule has 0 spiro atoms. The molecule has 1 unspecified atom stereocenters. The lowest BCUT2D eigenvalue weighted by molar-refractivity contribution is -0.140. The van der Waals surface area contributed by atoms with Gasteiger partial charge >= 0.3 is 5.97 Å². The summed E-state index contributed by atoms with van der Waals surface area (Å²) >= 11 is 0. The molecule has 1 aliphatic heterocycles. The second-order valence-electron chi connectivity index (χ2n) is 4.52. The lowest BCUT2D eigenvalue weighted by Crippen LogP contribution is -2.02. The number of ether oxygens (including phenoxy) is 1. The minimum atomic E-state index is -0.153. The molecule has 19 heavy (non-hydrogen) atoms. The van der Waals surface area contributed by atoms with Crippen LogP contribution in [0.5, 0.6) is 0 Å². The molecule has 1 atom stereocenters. The van der Waals surface area contributed by atoms with Crippen molar-refractivity contribution in [2.45, 2.75) is 38.2 Å². The molecule has 1 aromatic rings. The molecule has 0 bridgehead atoms. The van der Waals surface area contributed by atoms with Gasteiger partial charge in [0.15, 0.2) is 6.10 Å². The van der Waals surface area contributed by atoms with Gasteiger partial charge in [0.1, 0.15) is 0 Å². The molecule has 5 heteroatoms. The molecule has 0 fully saturated rings. The summed E-state index contributed by atoms with van der Waals surface area (Å²) in [5.74, 6) is -0.153. The monoisotopic (exact) mass is 262 g/mol. The van der Waals surface area contributed by atoms with Gasteiger partial charge in [-0.2, -0.15) is 0 Å². The number of unbranched alkanes of at least 4 members (excludes halogenated alkanes) is 1. The van der Waals surface area contributed by atoms with Gasteiger partial charge in [0.05, 0.1) is 12.8 Å². The maximum absolute atomic E-state index is 11.0. The van der Waals surface area contributed by atoms with Crippen LogP contribution in [0.15, 0.2) is 29.7 Å². The van der Waals surface area contributed by atoms with Crippen LogP contribution in [-0.4, -0.2) is 23.8 Å². The molecule has 0 radical (unpaired) electrons. The number of hydrogen-bond acceptors (Lipinski definition) is 5. The minimum absolute atomic E-state index is 0.0126. The highest BCUT2D eigenvalue weighted by Gasteiger charge is 2.22. The van der Waals surface area contributed by atoms with Crippen LogP contribution < -0.4 is 0 Å². The van der Waals surface area contributed by atoms with Crippen molar-refractivity contribution >= 4 is 11.7 Å². The van der Waals surface area contributed by atoms with Gasteiger partial charge < -0.3 is 9.57 Å². The fourth-order valence-corrected chi connectivity index (χ4v) is 2.03. The molecule has 0 N–H and O–H groups in total. The maximum Gasteiger partial charge on any atom is 0.305 e. The van der Waals surface area contributed by atoms with Gasteiger partial charge in [0.2, 0.25) is 0 Å². The van der Waals surface area contributed by atoms with Crippen molar-refractivity contribution in [3.63, 3.8) is 0 Å². The SMILES string of the molecule is COC(=O)CCCCC1=NOC(c2ccncc2)C1. The molecular formula is C14H18N2O3. The second-order valence-corrected chi connectivity index (χ2v) is 4.52. The van der Waals surface area contributed by atoms with E-state index in [1.54, 1.807) is 12.4 Å². The quantitative estimate of drug-likeness (QED) is 0.584. The molecule has 0 aliphatic carbocycles. The van der Waals surface area contributed by atoms with Crippen LogP contribution in [-0.2, 0) is 14.4 Å². The van der Waals surface area contributed by atoms with E-state index in [9.17, 15) is 4.79 Å². The van der Waals surface area contributed by atoms with E-state index in [1.807, 2.05) is 12.1 Å². The lowest BCUT2D eigenvalue weighted by atomic mass is 10.0. The van der Waals surface area contributed by atoms with E-state index in [0.29, 0.717) is 6.42 Å². The van der Waals surface area contributed by atoms with E-state index in [0.717, 1.165) is 37.0 Å². The summed E-state index contributed by atoms with van der Waals surface area (Å²) in [4.78, 5) is 20.4. The topological polar surface area (TPSA) is 60.8 Å². The molecule has 2 rings (SSSR count). The van der Waals surface area contributed by atoms with Crippen molar-refractivity contribution in [1.29, 1.82) is 0 Å². The second kappa shape index (κ2) is 6.87. The third kappa shape index (κ3) is 4.05. The Labute approximate surface area is 112 Å². The number of carbonyl (C=O) groups is 1. The van der Waals surface area contributed by atoms with Crippen LogP contribution in [0.2, 0.25) is 0 Å². The van der Waals surface area contributed by atoms with Crippen molar-refractivity contribution in [1.82, 2.24) is 4.98 Å². The van der Waals surface area contributed by atoms with Gasteiger partial charge in [-0.15, -0.1) is 0 Å². The molecule has 1 aromatic heterocycles. The first-order valence-electron chi connectivity index (χ1n) is 6.48. The zero-order valence-electron chi connectivity index (χ0n) is 11.0. The van der Waals surface area contributed by atoms with Crippen LogP contribution in [0.3, 0.4) is 0 Å². The average molecular weight is 262 g/mol. The van der Waals surface area contributed by atoms with E-state index in [1.165, 1.54) is 7.11 Å². The molecule has 0 saturated heterocycles. The van der Waals surface area contributed by atoms with Gasteiger partial charge in [-0.25, -0.2) is 0 Å². The molecule has 0 saturated carbocycles. The average Bonchev–Trinajstić information content (AvgIpc) is 2.93. The number of rotatable bonds is 6. The molecule has 0 aromatic carbocycles. The van der Waals surface area contributed by atoms with E-state index < -0.39 is 0 Å². The van der Waals surface area contributed by atoms with Gasteiger partial charge in [0.25, 0.3) is 0 Å². The highest BCUT2D eigenvalue weighted by molar-refractivity contribution is 5.85. The zero-order chi connectivity index (χ0) is 13.5. The third-order valence-electron chi connectivity index (χ3n) is 3.13. The first kappa shape index (κ1) is 13.5. The minimum Gasteiger partial charge on any atom is -0.469 e. The fourth-order valence-electron chi connectivity index (χ4n) is 2.03. The number of carbonyl (C=O) groups excluding carboxylic acids is 1. The third-order valence-corrected chi connectivity index (χ3v) is 3.13. The summed E-state index contributed by atoms with van der Waals surface area (Å²) in [7, 11) is 1.41. The number of aromatic nitrogens is 1. The van der Waals surface area contributed by atoms with Crippen LogP contribution in [0.1, 0.15) is 43.8 Å². The Morgan fingerprint density at radius 2 is 2.21 bits per heavy atom. The smallest absolute Gasteiger partial charge is 0.305 e. The number of hydrogen-bond donors (Lipinski definition) is 0. The molecular weight excluding hydrogens is 244 g/mol. The standard InChI is InChI=1S/C14H18N2O3/c1-18-14(17)5-3-2-4-12-10-13(19-16-12)11-6-8-15-9-7-11/h6-9,13H,2-5,10H2,1H3. The maximum atomic E-state index is 11.0. The lowest BCUT2D eigenvalue weighted by Gasteiger charge is -2.07. The van der Waals surface area contributed by atoms with Crippen LogP contribution in [0.25, 0.3) is 0 Å². The summed E-state index contributed by atoms with van der Waals surface area (Å²) in [5.41, 5.74) is 2.16. The predicted octanol–water partition coefficient (Wildman–Crippen LogP) is 2.63. The fraction of sp³-hybridized carbons (Fsp3) is 0.500. The Morgan fingerprint density at radius 3 is 2.95 bits per heavy atom. The number of oxime groups is 1. The van der Waals surface area contributed by atoms with Crippen molar-refractivity contribution in [3.8, 4) is 0 Å². The summed E-state index contributed by atoms with van der Waals surface area (Å²) in [6.45, 7) is 0. The number of methoxy groups -OCH3 is 1. The Kier molecular flexibility index (Phi) is 4.89. The van der Waals surface area contributed by atoms with Crippen molar-refractivity contribution in [3.05, 3.63) is 30.1 Å². The van der Waals surface area contributed by atoms with Gasteiger partial charge in [0, 0.05) is 25.2 Å². The predicted molar refractivity (Wildman–Crippen MR) is 70.6 cm³/mol. The Bertz CT molecular complexity index is 445. The zero-order valence-corrected chi connectivity index (χ0v) is 11.0. The summed E-state index contributed by atoms with van der Waals surface area (Å²) < 4.78 is 4.60. The Balaban J connectivity index is 1.69. The molecule has 0 amide bonds. The molecule has 5 nitrogen and oxygen atoms in total. The summed E-state index contributed by atoms with van der Waals surface area (Å²) in [5, 5.41) is 4.11. The number of esters is 1. The van der Waals surface area contributed by atoms with E-state index >= 15 is 0 Å². The van der Waals surface area contributed by atoms with Crippen LogP contribution >= 0.6 is 0 Å².